The molecule has 2 saturated heterocycles. The number of hydrogen-bond donors (Lipinski definition) is 1. The van der Waals surface area contributed by atoms with E-state index in [1.165, 1.54) is 0 Å². The summed E-state index contributed by atoms with van der Waals surface area (Å²) >= 11 is 12.1. The van der Waals surface area contributed by atoms with Crippen LogP contribution in [0.25, 0.3) is 0 Å². The van der Waals surface area contributed by atoms with E-state index < -0.39 is 0 Å². The van der Waals surface area contributed by atoms with Crippen molar-refractivity contribution in [2.45, 2.75) is 77.0 Å². The predicted octanol–water partition coefficient (Wildman–Crippen LogP) is 3.93. The van der Waals surface area contributed by atoms with Crippen molar-refractivity contribution < 1.29 is 9.59 Å². The number of rotatable bonds is 7. The SMILES string of the molecule is CC(C)C[C@H](C(=O)CCc1ccc(Cl)c(Cl)c1)N1CCC(C)N2C[C@H](N)C[C@H]2C1=O. The molecule has 1 unspecified atom stereocenters. The maximum Gasteiger partial charge on any atom is 0.240 e. The molecule has 0 aliphatic carbocycles. The molecule has 1 aromatic rings. The molecule has 2 heterocycles. The zero-order chi connectivity index (χ0) is 22.0. The molecule has 2 fully saturated rings. The minimum Gasteiger partial charge on any atom is -0.331 e. The van der Waals surface area contributed by atoms with E-state index in [-0.39, 0.29) is 29.8 Å². The normalized spacial score (nSPS) is 26.0. The molecule has 2 N–H and O–H groups in total. The Kier molecular flexibility index (Phi) is 7.83. The summed E-state index contributed by atoms with van der Waals surface area (Å²) in [6.07, 6.45) is 3.18. The Morgan fingerprint density at radius 3 is 2.67 bits per heavy atom. The molecule has 3 rings (SSSR count). The van der Waals surface area contributed by atoms with Crippen LogP contribution in [0, 0.1) is 5.92 Å². The van der Waals surface area contributed by atoms with Gasteiger partial charge < -0.3 is 10.6 Å². The molecule has 30 heavy (non-hydrogen) atoms. The average Bonchev–Trinajstić information content (AvgIpc) is 3.04. The largest absolute Gasteiger partial charge is 0.331 e. The quantitative estimate of drug-likeness (QED) is 0.678. The monoisotopic (exact) mass is 453 g/mol. The Hall–Kier alpha value is -1.14. The number of Topliss-reactive ketones (excluding diaryl/α,β-unsaturated/α-hetero) is 1. The number of carbonyl (C=O) groups excluding carboxylic acids is 2. The second-order valence-corrected chi connectivity index (χ2v) is 10.1. The molecule has 0 saturated carbocycles. The summed E-state index contributed by atoms with van der Waals surface area (Å²) in [5, 5.41) is 1.00. The summed E-state index contributed by atoms with van der Waals surface area (Å²) < 4.78 is 0. The van der Waals surface area contributed by atoms with Crippen molar-refractivity contribution in [3.05, 3.63) is 33.8 Å². The molecule has 2 aliphatic rings. The second kappa shape index (κ2) is 9.99. The van der Waals surface area contributed by atoms with Crippen molar-refractivity contribution >= 4 is 34.9 Å². The number of benzene rings is 1. The van der Waals surface area contributed by atoms with E-state index in [1.54, 1.807) is 6.07 Å². The van der Waals surface area contributed by atoms with Crippen LogP contribution < -0.4 is 5.73 Å². The third-order valence-electron chi connectivity index (χ3n) is 6.38. The van der Waals surface area contributed by atoms with E-state index in [2.05, 4.69) is 25.7 Å². The van der Waals surface area contributed by atoms with Gasteiger partial charge in [-0.15, -0.1) is 0 Å². The highest BCUT2D eigenvalue weighted by atomic mass is 35.5. The molecule has 7 heteroatoms. The molecule has 0 spiro atoms. The first-order valence-corrected chi connectivity index (χ1v) is 11.7. The molecule has 5 nitrogen and oxygen atoms in total. The van der Waals surface area contributed by atoms with Crippen LogP contribution in [-0.4, -0.2) is 58.7 Å². The van der Waals surface area contributed by atoms with Crippen LogP contribution >= 0.6 is 23.2 Å². The first-order valence-electron chi connectivity index (χ1n) is 11.0. The predicted molar refractivity (Wildman–Crippen MR) is 122 cm³/mol. The fourth-order valence-corrected chi connectivity index (χ4v) is 5.06. The summed E-state index contributed by atoms with van der Waals surface area (Å²) in [7, 11) is 0. The number of carbonyl (C=O) groups is 2. The third kappa shape index (κ3) is 5.37. The van der Waals surface area contributed by atoms with Crippen LogP contribution in [0.2, 0.25) is 10.0 Å². The van der Waals surface area contributed by atoms with E-state index in [0.717, 1.165) is 18.5 Å². The molecule has 0 radical (unpaired) electrons. The number of ketones is 1. The van der Waals surface area contributed by atoms with Crippen LogP contribution in [0.4, 0.5) is 0 Å². The molecule has 0 bridgehead atoms. The first-order chi connectivity index (χ1) is 14.2. The molecule has 1 aromatic carbocycles. The topological polar surface area (TPSA) is 66.6 Å². The van der Waals surface area contributed by atoms with E-state index in [4.69, 9.17) is 28.9 Å². The number of nitrogens with two attached hydrogens (primary N) is 1. The van der Waals surface area contributed by atoms with E-state index in [0.29, 0.717) is 54.2 Å². The van der Waals surface area contributed by atoms with Crippen LogP contribution in [0.1, 0.15) is 52.0 Å². The summed E-state index contributed by atoms with van der Waals surface area (Å²) in [5.74, 6) is 0.506. The van der Waals surface area contributed by atoms with Crippen LogP contribution in [0.3, 0.4) is 0 Å². The summed E-state index contributed by atoms with van der Waals surface area (Å²) in [6, 6.07) is 5.20. The Morgan fingerprint density at radius 2 is 2.00 bits per heavy atom. The van der Waals surface area contributed by atoms with E-state index in [9.17, 15) is 9.59 Å². The summed E-state index contributed by atoms with van der Waals surface area (Å²) in [6.45, 7) is 7.74. The minimum atomic E-state index is -0.385. The van der Waals surface area contributed by atoms with Crippen LogP contribution in [0.15, 0.2) is 18.2 Å². The van der Waals surface area contributed by atoms with Crippen molar-refractivity contribution in [2.75, 3.05) is 13.1 Å². The fraction of sp³-hybridized carbons (Fsp3) is 0.652. The van der Waals surface area contributed by atoms with Crippen molar-refractivity contribution in [3.8, 4) is 0 Å². The molecule has 0 aromatic heterocycles. The Morgan fingerprint density at radius 1 is 1.27 bits per heavy atom. The number of fused-ring (bicyclic) bond motifs is 1. The van der Waals surface area contributed by atoms with Gasteiger partial charge in [0.15, 0.2) is 5.78 Å². The van der Waals surface area contributed by atoms with Crippen LogP contribution in [0.5, 0.6) is 0 Å². The standard InChI is InChI=1S/C23H33Cl2N3O2/c1-14(2)10-20(22(29)7-5-16-4-6-18(24)19(25)11-16)27-9-8-15(3)28-13-17(26)12-21(28)23(27)30/h4,6,11,14-15,17,20-21H,5,7-10,12-13,26H2,1-3H3/t15?,17-,20-,21+/m1/s1. The average molecular weight is 454 g/mol. The lowest BCUT2D eigenvalue weighted by Gasteiger charge is -2.33. The highest BCUT2D eigenvalue weighted by Crippen LogP contribution is 2.29. The highest BCUT2D eigenvalue weighted by molar-refractivity contribution is 6.42. The number of halogens is 2. The molecule has 4 atom stereocenters. The number of amides is 1. The fourth-order valence-electron chi connectivity index (χ4n) is 4.74. The van der Waals surface area contributed by atoms with Gasteiger partial charge in [0.25, 0.3) is 0 Å². The molecular formula is C23H33Cl2N3O2. The lowest BCUT2D eigenvalue weighted by molar-refractivity contribution is -0.142. The number of hydrogen-bond acceptors (Lipinski definition) is 4. The van der Waals surface area contributed by atoms with Gasteiger partial charge in [0.05, 0.1) is 22.1 Å². The summed E-state index contributed by atoms with van der Waals surface area (Å²) in [5.41, 5.74) is 7.14. The smallest absolute Gasteiger partial charge is 0.240 e. The van der Waals surface area contributed by atoms with E-state index in [1.807, 2.05) is 17.0 Å². The Labute approximate surface area is 189 Å². The van der Waals surface area contributed by atoms with Gasteiger partial charge in [-0.05, 0) is 56.2 Å². The van der Waals surface area contributed by atoms with Crippen molar-refractivity contribution in [2.24, 2.45) is 11.7 Å². The van der Waals surface area contributed by atoms with Gasteiger partial charge in [-0.3, -0.25) is 14.5 Å². The van der Waals surface area contributed by atoms with Gasteiger partial charge in [0.2, 0.25) is 5.91 Å². The number of nitrogens with zero attached hydrogens (tertiary/aromatic N) is 2. The zero-order valence-corrected chi connectivity index (χ0v) is 19.6. The molecule has 1 amide bonds. The summed E-state index contributed by atoms with van der Waals surface area (Å²) in [4.78, 5) is 30.8. The van der Waals surface area contributed by atoms with Gasteiger partial charge >= 0.3 is 0 Å². The lowest BCUT2D eigenvalue weighted by atomic mass is 9.94. The molecular weight excluding hydrogens is 421 g/mol. The van der Waals surface area contributed by atoms with Gasteiger partial charge in [-0.1, -0.05) is 43.1 Å². The van der Waals surface area contributed by atoms with E-state index >= 15 is 0 Å². The minimum absolute atomic E-state index is 0.0234. The van der Waals surface area contributed by atoms with Gasteiger partial charge in [-0.25, -0.2) is 0 Å². The zero-order valence-electron chi connectivity index (χ0n) is 18.1. The highest BCUT2D eigenvalue weighted by Gasteiger charge is 2.44. The van der Waals surface area contributed by atoms with Gasteiger partial charge in [0.1, 0.15) is 0 Å². The molecule has 2 aliphatic heterocycles. The van der Waals surface area contributed by atoms with Crippen LogP contribution in [-0.2, 0) is 16.0 Å². The maximum absolute atomic E-state index is 13.4. The van der Waals surface area contributed by atoms with Gasteiger partial charge in [0, 0.05) is 31.6 Å². The first kappa shape index (κ1) is 23.5. The lowest BCUT2D eigenvalue weighted by Crippen LogP contribution is -2.51. The third-order valence-corrected chi connectivity index (χ3v) is 7.12. The maximum atomic E-state index is 13.4. The second-order valence-electron chi connectivity index (χ2n) is 9.24. The van der Waals surface area contributed by atoms with Crippen molar-refractivity contribution in [1.82, 2.24) is 9.80 Å². The number of aryl methyl sites for hydroxylation is 1. The van der Waals surface area contributed by atoms with Gasteiger partial charge in [-0.2, -0.15) is 0 Å². The Bertz CT molecular complexity index is 786. The Balaban J connectivity index is 1.76. The van der Waals surface area contributed by atoms with Crippen molar-refractivity contribution in [3.63, 3.8) is 0 Å². The molecule has 166 valence electrons. The van der Waals surface area contributed by atoms with Crippen molar-refractivity contribution in [1.29, 1.82) is 0 Å².